The van der Waals surface area contributed by atoms with Crippen LogP contribution < -0.4 is 9.62 Å². The van der Waals surface area contributed by atoms with Crippen molar-refractivity contribution in [1.82, 2.24) is 0 Å². The molecule has 8 nitrogen and oxygen atoms in total. The van der Waals surface area contributed by atoms with Gasteiger partial charge in [0.25, 0.3) is 15.7 Å². The first-order valence-corrected chi connectivity index (χ1v) is 12.2. The predicted molar refractivity (Wildman–Crippen MR) is 133 cm³/mol. The summed E-state index contributed by atoms with van der Waals surface area (Å²) in [5, 5.41) is 13.8. The quantitative estimate of drug-likeness (QED) is 0.353. The van der Waals surface area contributed by atoms with E-state index in [1.165, 1.54) is 37.3 Å². The maximum absolute atomic E-state index is 13.5. The van der Waals surface area contributed by atoms with E-state index in [-0.39, 0.29) is 27.8 Å². The highest BCUT2D eigenvalue weighted by atomic mass is 32.2. The second-order valence-corrected chi connectivity index (χ2v) is 10.2. The van der Waals surface area contributed by atoms with Gasteiger partial charge in [0.05, 0.1) is 26.8 Å². The van der Waals surface area contributed by atoms with E-state index in [9.17, 15) is 23.3 Å². The zero-order valence-corrected chi connectivity index (χ0v) is 20.3. The van der Waals surface area contributed by atoms with Crippen molar-refractivity contribution in [1.29, 1.82) is 0 Å². The molecule has 0 aliphatic carbocycles. The molecule has 1 amide bonds. The van der Waals surface area contributed by atoms with Crippen LogP contribution in [0.4, 0.5) is 17.1 Å². The van der Waals surface area contributed by atoms with Gasteiger partial charge in [0.2, 0.25) is 5.91 Å². The molecule has 0 saturated heterocycles. The number of anilines is 2. The monoisotopic (exact) mass is 481 g/mol. The molecule has 9 heteroatoms. The van der Waals surface area contributed by atoms with Gasteiger partial charge in [0.1, 0.15) is 6.54 Å². The van der Waals surface area contributed by atoms with Gasteiger partial charge >= 0.3 is 0 Å². The normalized spacial score (nSPS) is 11.3. The number of nitrogens with zero attached hydrogens (tertiary/aromatic N) is 2. The number of sulfonamides is 1. The highest BCUT2D eigenvalue weighted by Gasteiger charge is 2.28. The predicted octanol–water partition coefficient (Wildman–Crippen LogP) is 5.17. The summed E-state index contributed by atoms with van der Waals surface area (Å²) in [5.74, 6) is -0.358. The van der Waals surface area contributed by atoms with Gasteiger partial charge in [-0.05, 0) is 55.7 Å². The minimum atomic E-state index is -4.06. The number of carbonyl (C=O) groups is 1. The summed E-state index contributed by atoms with van der Waals surface area (Å²) < 4.78 is 28.1. The van der Waals surface area contributed by atoms with Crippen molar-refractivity contribution in [2.75, 3.05) is 16.2 Å². The first-order chi connectivity index (χ1) is 16.0. The Hall–Kier alpha value is -3.72. The van der Waals surface area contributed by atoms with Gasteiger partial charge in [-0.2, -0.15) is 0 Å². The van der Waals surface area contributed by atoms with E-state index in [0.29, 0.717) is 5.69 Å². The van der Waals surface area contributed by atoms with Crippen LogP contribution in [-0.4, -0.2) is 25.8 Å². The highest BCUT2D eigenvalue weighted by Crippen LogP contribution is 2.28. The molecule has 0 aliphatic rings. The summed E-state index contributed by atoms with van der Waals surface area (Å²) >= 11 is 0. The van der Waals surface area contributed by atoms with Crippen molar-refractivity contribution in [2.45, 2.75) is 38.5 Å². The molecule has 0 aromatic heterocycles. The van der Waals surface area contributed by atoms with Crippen LogP contribution in [0.15, 0.2) is 71.6 Å². The fourth-order valence-corrected chi connectivity index (χ4v) is 4.88. The molecular weight excluding hydrogens is 454 g/mol. The summed E-state index contributed by atoms with van der Waals surface area (Å²) in [7, 11) is -4.06. The van der Waals surface area contributed by atoms with Crippen LogP contribution in [0.2, 0.25) is 0 Å². The molecule has 0 fully saturated rings. The lowest BCUT2D eigenvalue weighted by Gasteiger charge is -2.25. The van der Waals surface area contributed by atoms with Gasteiger partial charge in [0, 0.05) is 6.07 Å². The Labute approximate surface area is 199 Å². The van der Waals surface area contributed by atoms with Crippen molar-refractivity contribution >= 4 is 33.0 Å². The molecule has 0 bridgehead atoms. The molecule has 0 spiro atoms. The van der Waals surface area contributed by atoms with Gasteiger partial charge in [0.15, 0.2) is 0 Å². The average molecular weight is 482 g/mol. The number of aryl methyl sites for hydroxylation is 1. The number of amides is 1. The third kappa shape index (κ3) is 5.43. The largest absolute Gasteiger partial charge is 0.324 e. The molecule has 0 saturated carbocycles. The first kappa shape index (κ1) is 24.9. The molecule has 3 aromatic rings. The first-order valence-electron chi connectivity index (χ1n) is 10.7. The zero-order chi connectivity index (χ0) is 25.0. The molecule has 0 atom stereocenters. The molecule has 0 radical (unpaired) electrons. The second kappa shape index (κ2) is 10.0. The van der Waals surface area contributed by atoms with Crippen LogP contribution in [0.3, 0.4) is 0 Å². The third-order valence-electron chi connectivity index (χ3n) is 5.52. The number of rotatable bonds is 8. The van der Waals surface area contributed by atoms with Crippen molar-refractivity contribution in [3.63, 3.8) is 0 Å². The molecule has 1 N–H and O–H groups in total. The molecular formula is C25H27N3O5S. The number of hydrogen-bond donors (Lipinski definition) is 1. The Kier molecular flexibility index (Phi) is 7.36. The molecule has 0 aliphatic heterocycles. The highest BCUT2D eigenvalue weighted by molar-refractivity contribution is 7.92. The minimum Gasteiger partial charge on any atom is -0.324 e. The van der Waals surface area contributed by atoms with Crippen LogP contribution in [0.25, 0.3) is 0 Å². The fourth-order valence-electron chi connectivity index (χ4n) is 3.45. The number of nitro benzene ring substituents is 1. The number of hydrogen-bond acceptors (Lipinski definition) is 5. The summed E-state index contributed by atoms with van der Waals surface area (Å²) in [5.41, 5.74) is 2.69. The molecule has 0 heterocycles. The van der Waals surface area contributed by atoms with E-state index in [1.807, 2.05) is 32.9 Å². The van der Waals surface area contributed by atoms with E-state index < -0.39 is 27.4 Å². The lowest BCUT2D eigenvalue weighted by molar-refractivity contribution is -0.385. The van der Waals surface area contributed by atoms with E-state index in [0.717, 1.165) is 15.4 Å². The van der Waals surface area contributed by atoms with Crippen molar-refractivity contribution < 1.29 is 18.1 Å². The van der Waals surface area contributed by atoms with Gasteiger partial charge < -0.3 is 5.32 Å². The van der Waals surface area contributed by atoms with Crippen molar-refractivity contribution in [3.8, 4) is 0 Å². The van der Waals surface area contributed by atoms with Gasteiger partial charge in [-0.1, -0.05) is 49.7 Å². The summed E-state index contributed by atoms with van der Waals surface area (Å²) in [6.45, 7) is 6.95. The van der Waals surface area contributed by atoms with E-state index >= 15 is 0 Å². The fraction of sp³-hybridized carbons (Fsp3) is 0.240. The molecule has 3 rings (SSSR count). The van der Waals surface area contributed by atoms with E-state index in [2.05, 4.69) is 5.32 Å². The minimum absolute atomic E-state index is 0.0605. The van der Waals surface area contributed by atoms with Crippen LogP contribution in [0.1, 0.15) is 36.5 Å². The molecule has 0 unspecified atom stereocenters. The van der Waals surface area contributed by atoms with Gasteiger partial charge in [-0.3, -0.25) is 19.2 Å². The number of carbonyl (C=O) groups excluding carboxylic acids is 1. The topological polar surface area (TPSA) is 110 Å². The Balaban J connectivity index is 1.97. The average Bonchev–Trinajstić information content (AvgIpc) is 2.79. The lowest BCUT2D eigenvalue weighted by Crippen LogP contribution is -2.38. The lowest BCUT2D eigenvalue weighted by atomic mass is 10.0. The van der Waals surface area contributed by atoms with Crippen LogP contribution >= 0.6 is 0 Å². The Bertz CT molecular complexity index is 1300. The van der Waals surface area contributed by atoms with E-state index in [1.54, 1.807) is 24.3 Å². The summed E-state index contributed by atoms with van der Waals surface area (Å²) in [6.07, 6.45) is 0. The van der Waals surface area contributed by atoms with Crippen LogP contribution in [0, 0.1) is 24.0 Å². The number of benzene rings is 3. The molecule has 34 heavy (non-hydrogen) atoms. The zero-order valence-electron chi connectivity index (χ0n) is 19.5. The van der Waals surface area contributed by atoms with Crippen molar-refractivity contribution in [3.05, 3.63) is 93.5 Å². The maximum Gasteiger partial charge on any atom is 0.274 e. The van der Waals surface area contributed by atoms with E-state index in [4.69, 9.17) is 0 Å². The Morgan fingerprint density at radius 1 is 1.00 bits per heavy atom. The van der Waals surface area contributed by atoms with Crippen molar-refractivity contribution in [2.24, 2.45) is 0 Å². The van der Waals surface area contributed by atoms with Crippen LogP contribution in [-0.2, 0) is 14.8 Å². The van der Waals surface area contributed by atoms with Gasteiger partial charge in [-0.15, -0.1) is 0 Å². The Morgan fingerprint density at radius 3 is 2.18 bits per heavy atom. The second-order valence-electron chi connectivity index (χ2n) is 8.33. The molecule has 178 valence electrons. The number of nitrogens with one attached hydrogen (secondary N) is 1. The third-order valence-corrected chi connectivity index (χ3v) is 7.31. The number of nitro groups is 1. The summed E-state index contributed by atoms with van der Waals surface area (Å²) in [4.78, 5) is 23.7. The smallest absolute Gasteiger partial charge is 0.274 e. The van der Waals surface area contributed by atoms with Crippen LogP contribution in [0.5, 0.6) is 0 Å². The Morgan fingerprint density at radius 2 is 1.62 bits per heavy atom. The van der Waals surface area contributed by atoms with Gasteiger partial charge in [-0.25, -0.2) is 8.42 Å². The molecule has 3 aromatic carbocycles. The maximum atomic E-state index is 13.5. The SMILES string of the molecule is Cc1ccc(S(=O)(=O)N(CC(=O)Nc2cccc([N+](=O)[O-])c2C)c2ccc(C(C)C)cc2)cc1. The summed E-state index contributed by atoms with van der Waals surface area (Å²) in [6, 6.07) is 17.8. The standard InChI is InChI=1S/C25H27N3O5S/c1-17(2)20-10-12-21(13-11-20)27(34(32,33)22-14-8-18(3)9-15-22)16-25(29)26-23-6-5-7-24(19(23)4)28(30)31/h5-15,17H,16H2,1-4H3,(H,26,29).